The second-order valence-electron chi connectivity index (χ2n) is 6.84. The highest BCUT2D eigenvalue weighted by Gasteiger charge is 2.01. The summed E-state index contributed by atoms with van der Waals surface area (Å²) in [5, 5.41) is 0. The zero-order valence-electron chi connectivity index (χ0n) is 15.5. The molecule has 2 heteroatoms. The van der Waals surface area contributed by atoms with Gasteiger partial charge in [-0.2, -0.15) is 0 Å². The fourth-order valence-electron chi connectivity index (χ4n) is 3.24. The molecule has 0 spiro atoms. The third kappa shape index (κ3) is 5.51. The molecule has 0 saturated carbocycles. The number of rotatable bonds is 8. The first-order chi connectivity index (χ1) is 12.8. The molecule has 0 bridgehead atoms. The van der Waals surface area contributed by atoms with Gasteiger partial charge in [0.15, 0.2) is 0 Å². The van der Waals surface area contributed by atoms with E-state index in [9.17, 15) is 0 Å². The van der Waals surface area contributed by atoms with E-state index in [4.69, 9.17) is 0 Å². The predicted molar refractivity (Wildman–Crippen MR) is 122 cm³/mol. The molecule has 0 aliphatic rings. The molecule has 0 aliphatic heterocycles. The molecule has 134 valence electrons. The Morgan fingerprint density at radius 1 is 0.615 bits per heavy atom. The largest absolute Gasteiger partial charge is 0.114 e. The van der Waals surface area contributed by atoms with Gasteiger partial charge in [0.25, 0.3) is 0 Å². The van der Waals surface area contributed by atoms with Gasteiger partial charge < -0.3 is 0 Å². The number of hydrogen-bond donors (Lipinski definition) is 0. The van der Waals surface area contributed by atoms with Gasteiger partial charge in [-0.15, -0.1) is 17.2 Å². The van der Waals surface area contributed by atoms with Crippen molar-refractivity contribution in [2.24, 2.45) is 0 Å². The molecular weight excluding hydrogens is 350 g/mol. The predicted octanol–water partition coefficient (Wildman–Crippen LogP) is 6.91. The van der Waals surface area contributed by atoms with E-state index in [-0.39, 0.29) is 0 Å². The van der Waals surface area contributed by atoms with Crippen LogP contribution in [0.15, 0.2) is 72.8 Å². The number of benzene rings is 3. The lowest BCUT2D eigenvalue weighted by Gasteiger charge is -2.07. The standard InChI is InChI=1S/C24H28P2/c1-2-3-19-8-12-23(13-9-19)24-14-10-22(11-15-24)18-21-6-4-20(5-7-21)16-17-26-25/h4-15,26H,2-3,16-18,25H2,1H3. The highest BCUT2D eigenvalue weighted by atomic mass is 32.0. The van der Waals surface area contributed by atoms with Gasteiger partial charge in [-0.3, -0.25) is 0 Å². The smallest absolute Gasteiger partial charge is 0.00258 e. The van der Waals surface area contributed by atoms with Gasteiger partial charge >= 0.3 is 0 Å². The van der Waals surface area contributed by atoms with Crippen molar-refractivity contribution in [3.05, 3.63) is 95.1 Å². The maximum Gasteiger partial charge on any atom is -0.00258 e. The normalized spacial score (nSPS) is 11.3. The third-order valence-corrected chi connectivity index (χ3v) is 6.17. The Kier molecular flexibility index (Phi) is 7.43. The third-order valence-electron chi connectivity index (χ3n) is 4.77. The van der Waals surface area contributed by atoms with Crippen molar-refractivity contribution < 1.29 is 0 Å². The Hall–Kier alpha value is -1.48. The van der Waals surface area contributed by atoms with Crippen molar-refractivity contribution in [1.82, 2.24) is 0 Å². The van der Waals surface area contributed by atoms with Crippen molar-refractivity contribution in [1.29, 1.82) is 0 Å². The SMILES string of the molecule is CCCc1ccc(-c2ccc(Cc3ccc(CCPP)cc3)cc2)cc1. The fraction of sp³-hybridized carbons (Fsp3) is 0.250. The number of hydrogen-bond acceptors (Lipinski definition) is 0. The minimum Gasteiger partial charge on any atom is -0.114 e. The molecule has 0 radical (unpaired) electrons. The molecule has 0 heterocycles. The van der Waals surface area contributed by atoms with Crippen molar-refractivity contribution in [2.75, 3.05) is 6.16 Å². The van der Waals surface area contributed by atoms with Crippen molar-refractivity contribution >= 4 is 17.2 Å². The molecule has 2 atom stereocenters. The van der Waals surface area contributed by atoms with E-state index < -0.39 is 0 Å². The van der Waals surface area contributed by atoms with Crippen molar-refractivity contribution in [3.63, 3.8) is 0 Å². The van der Waals surface area contributed by atoms with Crippen LogP contribution in [0.4, 0.5) is 0 Å². The summed E-state index contributed by atoms with van der Waals surface area (Å²) in [6, 6.07) is 27.1. The number of aryl methyl sites for hydroxylation is 2. The zero-order valence-corrected chi connectivity index (χ0v) is 17.7. The van der Waals surface area contributed by atoms with Crippen LogP contribution in [0, 0.1) is 0 Å². The van der Waals surface area contributed by atoms with Gasteiger partial charge in [-0.1, -0.05) is 86.1 Å². The quantitative estimate of drug-likeness (QED) is 0.374. The summed E-state index contributed by atoms with van der Waals surface area (Å²) >= 11 is 0. The lowest BCUT2D eigenvalue weighted by Crippen LogP contribution is -1.91. The average Bonchev–Trinajstić information content (AvgIpc) is 2.69. The lowest BCUT2D eigenvalue weighted by atomic mass is 9.98. The second kappa shape index (κ2) is 10.0. The van der Waals surface area contributed by atoms with Gasteiger partial charge in [0.1, 0.15) is 0 Å². The van der Waals surface area contributed by atoms with E-state index >= 15 is 0 Å². The summed E-state index contributed by atoms with van der Waals surface area (Å²) in [7, 11) is 3.79. The molecule has 3 rings (SSSR count). The van der Waals surface area contributed by atoms with Crippen LogP contribution in [0.25, 0.3) is 11.1 Å². The molecule has 0 fully saturated rings. The van der Waals surface area contributed by atoms with Crippen LogP contribution >= 0.6 is 17.2 Å². The molecular formula is C24H28P2. The molecule has 0 aromatic heterocycles. The van der Waals surface area contributed by atoms with Crippen molar-refractivity contribution in [3.8, 4) is 11.1 Å². The summed E-state index contributed by atoms with van der Waals surface area (Å²) in [5.74, 6) is 0. The molecule has 2 unspecified atom stereocenters. The van der Waals surface area contributed by atoms with Crippen LogP contribution < -0.4 is 0 Å². The maximum atomic E-state index is 2.83. The molecule has 0 nitrogen and oxygen atoms in total. The van der Waals surface area contributed by atoms with Crippen LogP contribution in [0.3, 0.4) is 0 Å². The topological polar surface area (TPSA) is 0 Å². The van der Waals surface area contributed by atoms with Gasteiger partial charge in [0, 0.05) is 0 Å². The van der Waals surface area contributed by atoms with E-state index in [0.29, 0.717) is 0 Å². The monoisotopic (exact) mass is 378 g/mol. The summed E-state index contributed by atoms with van der Waals surface area (Å²) in [5.41, 5.74) is 8.23. The lowest BCUT2D eigenvalue weighted by molar-refractivity contribution is 0.922. The molecule has 0 aliphatic carbocycles. The van der Waals surface area contributed by atoms with Crippen molar-refractivity contribution in [2.45, 2.75) is 32.6 Å². The van der Waals surface area contributed by atoms with Gasteiger partial charge in [-0.25, -0.2) is 0 Å². The van der Waals surface area contributed by atoms with Gasteiger partial charge in [-0.05, 0) is 58.8 Å². The molecule has 3 aromatic rings. The summed E-state index contributed by atoms with van der Waals surface area (Å²) < 4.78 is 0. The van der Waals surface area contributed by atoms with Gasteiger partial charge in [0.2, 0.25) is 0 Å². The Balaban J connectivity index is 1.63. The average molecular weight is 378 g/mol. The Morgan fingerprint density at radius 3 is 1.54 bits per heavy atom. The summed E-state index contributed by atoms with van der Waals surface area (Å²) in [6.45, 7) is 2.23. The summed E-state index contributed by atoms with van der Waals surface area (Å²) in [6.07, 6.45) is 5.82. The molecule has 3 aromatic carbocycles. The maximum absolute atomic E-state index is 2.83. The van der Waals surface area contributed by atoms with Crippen LogP contribution in [0.5, 0.6) is 0 Å². The van der Waals surface area contributed by atoms with E-state index in [2.05, 4.69) is 88.6 Å². The first-order valence-corrected chi connectivity index (χ1v) is 12.5. The first kappa shape index (κ1) is 19.3. The summed E-state index contributed by atoms with van der Waals surface area (Å²) in [4.78, 5) is 0. The highest BCUT2D eigenvalue weighted by molar-refractivity contribution is 8.02. The minimum atomic E-state index is 0.961. The molecule has 26 heavy (non-hydrogen) atoms. The van der Waals surface area contributed by atoms with Crippen LogP contribution in [0.1, 0.15) is 35.6 Å². The fourth-order valence-corrected chi connectivity index (χ4v) is 4.11. The van der Waals surface area contributed by atoms with E-state index in [1.165, 1.54) is 52.4 Å². The zero-order chi connectivity index (χ0) is 18.2. The highest BCUT2D eigenvalue weighted by Crippen LogP contribution is 2.23. The van der Waals surface area contributed by atoms with Gasteiger partial charge in [0.05, 0.1) is 0 Å². The molecule has 0 amide bonds. The first-order valence-electron chi connectivity index (χ1n) is 9.48. The molecule has 0 saturated heterocycles. The Labute approximate surface area is 162 Å². The minimum absolute atomic E-state index is 0.961. The molecule has 0 N–H and O–H groups in total. The second-order valence-corrected chi connectivity index (χ2v) is 8.97. The van der Waals surface area contributed by atoms with Crippen LogP contribution in [0.2, 0.25) is 0 Å². The Morgan fingerprint density at radius 2 is 1.04 bits per heavy atom. The van der Waals surface area contributed by atoms with Crippen LogP contribution in [-0.2, 0) is 19.3 Å². The van der Waals surface area contributed by atoms with Crippen LogP contribution in [-0.4, -0.2) is 6.16 Å². The Bertz CT molecular complexity index is 787. The van der Waals surface area contributed by atoms with E-state index in [0.717, 1.165) is 21.1 Å². The van der Waals surface area contributed by atoms with E-state index in [1.54, 1.807) is 0 Å². The van der Waals surface area contributed by atoms with E-state index in [1.807, 2.05) is 0 Å².